The predicted octanol–water partition coefficient (Wildman–Crippen LogP) is 1.87. The number of nitrogens with one attached hydrogen (secondary N) is 1. The first-order chi connectivity index (χ1) is 9.50. The van der Waals surface area contributed by atoms with Gasteiger partial charge in [-0.3, -0.25) is 9.59 Å². The molecule has 4 nitrogen and oxygen atoms in total. The molecule has 1 saturated heterocycles. The summed E-state index contributed by atoms with van der Waals surface area (Å²) in [5.41, 5.74) is 0.252. The molecule has 1 N–H and O–H groups in total. The molecule has 1 aromatic carbocycles. The Morgan fingerprint density at radius 1 is 1.45 bits per heavy atom. The molecule has 5 heteroatoms. The Kier molecular flexibility index (Phi) is 4.37. The van der Waals surface area contributed by atoms with E-state index in [2.05, 4.69) is 5.32 Å². The SMILES string of the molecule is CC(C)CC(=O)N1CCNC(=O)C1c1ccccc1F. The van der Waals surface area contributed by atoms with Crippen molar-refractivity contribution in [3.63, 3.8) is 0 Å². The highest BCUT2D eigenvalue weighted by Gasteiger charge is 2.35. The standard InChI is InChI=1S/C15H19FN2O2/c1-10(2)9-13(19)18-8-7-17-15(20)14(18)11-5-3-4-6-12(11)16/h3-6,10,14H,7-9H2,1-2H3,(H,17,20). The predicted molar refractivity (Wildman–Crippen MR) is 73.3 cm³/mol. The third kappa shape index (κ3) is 2.98. The summed E-state index contributed by atoms with van der Waals surface area (Å²) in [6, 6.07) is 5.24. The fourth-order valence-corrected chi connectivity index (χ4v) is 2.41. The van der Waals surface area contributed by atoms with E-state index in [1.165, 1.54) is 11.0 Å². The molecule has 1 atom stereocenters. The molecule has 1 heterocycles. The molecule has 0 saturated carbocycles. The van der Waals surface area contributed by atoms with E-state index in [1.807, 2.05) is 13.8 Å². The molecular weight excluding hydrogens is 259 g/mol. The van der Waals surface area contributed by atoms with Crippen LogP contribution in [0.2, 0.25) is 0 Å². The minimum absolute atomic E-state index is 0.108. The average Bonchev–Trinajstić information content (AvgIpc) is 2.39. The van der Waals surface area contributed by atoms with Crippen LogP contribution in [-0.4, -0.2) is 29.8 Å². The second-order valence-corrected chi connectivity index (χ2v) is 5.40. The number of halogens is 1. The topological polar surface area (TPSA) is 49.4 Å². The van der Waals surface area contributed by atoms with Crippen LogP contribution in [0.4, 0.5) is 4.39 Å². The third-order valence-electron chi connectivity index (χ3n) is 3.31. The lowest BCUT2D eigenvalue weighted by Gasteiger charge is -2.35. The van der Waals surface area contributed by atoms with Gasteiger partial charge in [0, 0.05) is 25.1 Å². The largest absolute Gasteiger partial charge is 0.352 e. The summed E-state index contributed by atoms with van der Waals surface area (Å²) in [7, 11) is 0. The van der Waals surface area contributed by atoms with E-state index in [0.717, 1.165) is 0 Å². The lowest BCUT2D eigenvalue weighted by molar-refractivity contribution is -0.144. The molecule has 2 amide bonds. The van der Waals surface area contributed by atoms with Gasteiger partial charge in [0.2, 0.25) is 11.8 Å². The van der Waals surface area contributed by atoms with Crippen LogP contribution in [0.15, 0.2) is 24.3 Å². The normalized spacial score (nSPS) is 19.1. The fraction of sp³-hybridized carbons (Fsp3) is 0.467. The summed E-state index contributed by atoms with van der Waals surface area (Å²) in [4.78, 5) is 25.8. The van der Waals surface area contributed by atoms with E-state index in [9.17, 15) is 14.0 Å². The van der Waals surface area contributed by atoms with Gasteiger partial charge in [0.25, 0.3) is 0 Å². The zero-order valence-electron chi connectivity index (χ0n) is 11.7. The van der Waals surface area contributed by atoms with Gasteiger partial charge in [0.05, 0.1) is 0 Å². The summed E-state index contributed by atoms with van der Waals surface area (Å²) in [6.45, 7) is 4.71. The minimum Gasteiger partial charge on any atom is -0.352 e. The Hall–Kier alpha value is -1.91. The van der Waals surface area contributed by atoms with Crippen molar-refractivity contribution < 1.29 is 14.0 Å². The van der Waals surface area contributed by atoms with E-state index < -0.39 is 11.9 Å². The summed E-state index contributed by atoms with van der Waals surface area (Å²) < 4.78 is 13.9. The van der Waals surface area contributed by atoms with Gasteiger partial charge in [0.15, 0.2) is 0 Å². The van der Waals surface area contributed by atoms with Crippen molar-refractivity contribution in [1.29, 1.82) is 0 Å². The molecule has 1 aliphatic rings. The number of benzene rings is 1. The summed E-state index contributed by atoms with van der Waals surface area (Å²) >= 11 is 0. The number of hydrogen-bond acceptors (Lipinski definition) is 2. The summed E-state index contributed by atoms with van der Waals surface area (Å²) in [5, 5.41) is 2.70. The van der Waals surface area contributed by atoms with Gasteiger partial charge in [-0.15, -0.1) is 0 Å². The zero-order chi connectivity index (χ0) is 14.7. The Morgan fingerprint density at radius 3 is 2.80 bits per heavy atom. The van der Waals surface area contributed by atoms with Crippen LogP contribution in [0.25, 0.3) is 0 Å². The summed E-state index contributed by atoms with van der Waals surface area (Å²) in [6.07, 6.45) is 0.359. The quantitative estimate of drug-likeness (QED) is 0.917. The molecule has 0 aliphatic carbocycles. The molecule has 0 aromatic heterocycles. The second kappa shape index (κ2) is 6.03. The molecule has 20 heavy (non-hydrogen) atoms. The van der Waals surface area contributed by atoms with Crippen molar-refractivity contribution in [2.45, 2.75) is 26.3 Å². The van der Waals surface area contributed by atoms with Crippen LogP contribution < -0.4 is 5.32 Å². The second-order valence-electron chi connectivity index (χ2n) is 5.40. The number of hydrogen-bond donors (Lipinski definition) is 1. The third-order valence-corrected chi connectivity index (χ3v) is 3.31. The van der Waals surface area contributed by atoms with Crippen molar-refractivity contribution in [3.05, 3.63) is 35.6 Å². The van der Waals surface area contributed by atoms with Crippen LogP contribution in [-0.2, 0) is 9.59 Å². The highest BCUT2D eigenvalue weighted by molar-refractivity contribution is 5.89. The van der Waals surface area contributed by atoms with Crippen LogP contribution in [0.3, 0.4) is 0 Å². The Bertz CT molecular complexity index is 516. The van der Waals surface area contributed by atoms with Crippen molar-refractivity contribution in [3.8, 4) is 0 Å². The number of carbonyl (C=O) groups excluding carboxylic acids is 2. The van der Waals surface area contributed by atoms with Crippen molar-refractivity contribution in [2.75, 3.05) is 13.1 Å². The molecule has 1 fully saturated rings. The number of rotatable bonds is 3. The van der Waals surface area contributed by atoms with Crippen molar-refractivity contribution >= 4 is 11.8 Å². The van der Waals surface area contributed by atoms with Gasteiger partial charge in [-0.25, -0.2) is 4.39 Å². The monoisotopic (exact) mass is 278 g/mol. The van der Waals surface area contributed by atoms with Crippen LogP contribution >= 0.6 is 0 Å². The molecule has 2 rings (SSSR count). The fourth-order valence-electron chi connectivity index (χ4n) is 2.41. The van der Waals surface area contributed by atoms with Gasteiger partial charge in [-0.1, -0.05) is 32.0 Å². The maximum Gasteiger partial charge on any atom is 0.247 e. The molecule has 108 valence electrons. The van der Waals surface area contributed by atoms with Crippen molar-refractivity contribution in [1.82, 2.24) is 10.2 Å². The Morgan fingerprint density at radius 2 is 2.15 bits per heavy atom. The first kappa shape index (κ1) is 14.5. The molecular formula is C15H19FN2O2. The van der Waals surface area contributed by atoms with Crippen LogP contribution in [0.1, 0.15) is 31.9 Å². The smallest absolute Gasteiger partial charge is 0.247 e. The lowest BCUT2D eigenvalue weighted by Crippen LogP contribution is -2.52. The number of carbonyl (C=O) groups is 2. The van der Waals surface area contributed by atoms with E-state index in [0.29, 0.717) is 19.5 Å². The highest BCUT2D eigenvalue weighted by Crippen LogP contribution is 2.26. The molecule has 1 aliphatic heterocycles. The zero-order valence-corrected chi connectivity index (χ0v) is 11.7. The summed E-state index contributed by atoms with van der Waals surface area (Å²) in [5.74, 6) is -0.688. The molecule has 0 spiro atoms. The molecule has 0 radical (unpaired) electrons. The number of nitrogens with zero attached hydrogens (tertiary/aromatic N) is 1. The molecule has 1 aromatic rings. The van der Waals surface area contributed by atoms with E-state index in [1.54, 1.807) is 18.2 Å². The minimum atomic E-state index is -0.865. The average molecular weight is 278 g/mol. The lowest BCUT2D eigenvalue weighted by atomic mass is 10.00. The van der Waals surface area contributed by atoms with Gasteiger partial charge in [0.1, 0.15) is 11.9 Å². The van der Waals surface area contributed by atoms with E-state index >= 15 is 0 Å². The first-order valence-electron chi connectivity index (χ1n) is 6.82. The van der Waals surface area contributed by atoms with Gasteiger partial charge in [-0.2, -0.15) is 0 Å². The highest BCUT2D eigenvalue weighted by atomic mass is 19.1. The van der Waals surface area contributed by atoms with Crippen molar-refractivity contribution in [2.24, 2.45) is 5.92 Å². The maximum atomic E-state index is 13.9. The van der Waals surface area contributed by atoms with E-state index in [4.69, 9.17) is 0 Å². The van der Waals surface area contributed by atoms with E-state index in [-0.39, 0.29) is 23.3 Å². The number of piperazine rings is 1. The molecule has 0 bridgehead atoms. The van der Waals surface area contributed by atoms with Crippen LogP contribution in [0.5, 0.6) is 0 Å². The van der Waals surface area contributed by atoms with Gasteiger partial charge in [-0.05, 0) is 12.0 Å². The maximum absolute atomic E-state index is 13.9. The first-order valence-corrected chi connectivity index (χ1v) is 6.82. The number of amides is 2. The Labute approximate surface area is 118 Å². The van der Waals surface area contributed by atoms with Gasteiger partial charge >= 0.3 is 0 Å². The Balaban J connectivity index is 2.32. The van der Waals surface area contributed by atoms with Crippen LogP contribution in [0, 0.1) is 11.7 Å². The van der Waals surface area contributed by atoms with Gasteiger partial charge < -0.3 is 10.2 Å². The molecule has 1 unspecified atom stereocenters.